The summed E-state index contributed by atoms with van der Waals surface area (Å²) in [5, 5.41) is 2.80. The third-order valence-corrected chi connectivity index (χ3v) is 2.16. The van der Waals surface area contributed by atoms with Crippen LogP contribution in [-0.2, 0) is 9.53 Å². The monoisotopic (exact) mass is 289 g/mol. The lowest BCUT2D eigenvalue weighted by Crippen LogP contribution is -2.18. The van der Waals surface area contributed by atoms with Crippen molar-refractivity contribution in [3.05, 3.63) is 10.7 Å². The summed E-state index contributed by atoms with van der Waals surface area (Å²) in [6.45, 7) is 2.13. The van der Waals surface area contributed by atoms with Gasteiger partial charge in [-0.1, -0.05) is 0 Å². The zero-order valence-electron chi connectivity index (χ0n) is 8.66. The molecule has 4 N–H and O–H groups in total. The number of halogens is 1. The highest BCUT2D eigenvalue weighted by atomic mass is 79.9. The van der Waals surface area contributed by atoms with Crippen LogP contribution in [0.4, 0.5) is 11.8 Å². The number of carbonyl (C=O) groups excluding carboxylic acids is 1. The molecule has 1 rings (SSSR count). The maximum Gasteiger partial charge on any atom is 0.325 e. The summed E-state index contributed by atoms with van der Waals surface area (Å²) in [5.41, 5.74) is 2.31. The van der Waals surface area contributed by atoms with E-state index in [1.807, 2.05) is 0 Å². The fourth-order valence-corrected chi connectivity index (χ4v) is 1.26. The lowest BCUT2D eigenvalue weighted by atomic mass is 10.5. The number of nitrogens with two attached hydrogens (primary N) is 1. The Labute approximate surface area is 101 Å². The van der Waals surface area contributed by atoms with Crippen LogP contribution in [0.1, 0.15) is 6.92 Å². The lowest BCUT2D eigenvalue weighted by molar-refractivity contribution is -0.140. The molecular formula is C8H12BrN5O2. The van der Waals surface area contributed by atoms with Gasteiger partial charge in [0, 0.05) is 6.20 Å². The molecule has 0 saturated heterocycles. The van der Waals surface area contributed by atoms with Crippen LogP contribution in [0.5, 0.6) is 0 Å². The van der Waals surface area contributed by atoms with Gasteiger partial charge in [0.05, 0.1) is 11.1 Å². The van der Waals surface area contributed by atoms with E-state index in [2.05, 4.69) is 36.6 Å². The summed E-state index contributed by atoms with van der Waals surface area (Å²) in [6.07, 6.45) is 1.52. The van der Waals surface area contributed by atoms with Crippen molar-refractivity contribution in [1.29, 1.82) is 0 Å². The molecule has 0 unspecified atom stereocenters. The van der Waals surface area contributed by atoms with Crippen molar-refractivity contribution in [3.63, 3.8) is 0 Å². The number of hydrogen-bond acceptors (Lipinski definition) is 7. The van der Waals surface area contributed by atoms with Gasteiger partial charge in [-0.25, -0.2) is 10.8 Å². The number of nitrogens with zero attached hydrogens (tertiary/aromatic N) is 2. The number of hydrogen-bond donors (Lipinski definition) is 3. The van der Waals surface area contributed by atoms with Gasteiger partial charge >= 0.3 is 5.97 Å². The first-order valence-corrected chi connectivity index (χ1v) is 5.35. The summed E-state index contributed by atoms with van der Waals surface area (Å²) in [7, 11) is 0. The van der Waals surface area contributed by atoms with Gasteiger partial charge in [-0.15, -0.1) is 0 Å². The maximum atomic E-state index is 11.1. The van der Waals surface area contributed by atoms with Crippen molar-refractivity contribution in [2.75, 3.05) is 23.9 Å². The highest BCUT2D eigenvalue weighted by Gasteiger charge is 2.06. The Morgan fingerprint density at radius 2 is 2.44 bits per heavy atom. The molecule has 0 spiro atoms. The highest BCUT2D eigenvalue weighted by molar-refractivity contribution is 9.10. The molecule has 0 radical (unpaired) electrons. The van der Waals surface area contributed by atoms with E-state index in [-0.39, 0.29) is 18.5 Å². The van der Waals surface area contributed by atoms with E-state index >= 15 is 0 Å². The number of rotatable bonds is 5. The van der Waals surface area contributed by atoms with Crippen molar-refractivity contribution in [3.8, 4) is 0 Å². The Balaban J connectivity index is 2.62. The summed E-state index contributed by atoms with van der Waals surface area (Å²) >= 11 is 3.24. The molecule has 1 aromatic heterocycles. The number of nitrogens with one attached hydrogen (secondary N) is 2. The molecule has 88 valence electrons. The minimum atomic E-state index is -0.352. The lowest BCUT2D eigenvalue weighted by Gasteiger charge is -2.07. The minimum Gasteiger partial charge on any atom is -0.465 e. The van der Waals surface area contributed by atoms with E-state index in [4.69, 9.17) is 10.6 Å². The highest BCUT2D eigenvalue weighted by Crippen LogP contribution is 2.19. The van der Waals surface area contributed by atoms with Crippen LogP contribution < -0.4 is 16.6 Å². The Bertz CT molecular complexity index is 373. The van der Waals surface area contributed by atoms with Gasteiger partial charge in [0.25, 0.3) is 0 Å². The Kier molecular flexibility index (Phi) is 4.93. The Hall–Kier alpha value is -1.41. The molecule has 0 aliphatic carbocycles. The summed E-state index contributed by atoms with van der Waals surface area (Å²) in [5.74, 6) is 5.54. The van der Waals surface area contributed by atoms with Crippen LogP contribution in [0, 0.1) is 0 Å². The average Bonchev–Trinajstić information content (AvgIpc) is 2.28. The van der Waals surface area contributed by atoms with E-state index in [1.54, 1.807) is 6.92 Å². The van der Waals surface area contributed by atoms with Gasteiger partial charge in [-0.3, -0.25) is 10.2 Å². The number of nitrogen functional groups attached to an aromatic ring is 1. The van der Waals surface area contributed by atoms with Gasteiger partial charge < -0.3 is 10.1 Å². The summed E-state index contributed by atoms with van der Waals surface area (Å²) in [4.78, 5) is 19.0. The first-order chi connectivity index (χ1) is 7.67. The van der Waals surface area contributed by atoms with E-state index in [1.165, 1.54) is 6.20 Å². The zero-order valence-corrected chi connectivity index (χ0v) is 10.2. The number of esters is 1. The second-order valence-electron chi connectivity index (χ2n) is 2.69. The third kappa shape index (κ3) is 3.63. The average molecular weight is 290 g/mol. The molecule has 0 aliphatic rings. The van der Waals surface area contributed by atoms with Crippen molar-refractivity contribution in [1.82, 2.24) is 9.97 Å². The molecule has 1 aromatic rings. The van der Waals surface area contributed by atoms with E-state index in [9.17, 15) is 4.79 Å². The van der Waals surface area contributed by atoms with Crippen LogP contribution >= 0.6 is 15.9 Å². The van der Waals surface area contributed by atoms with Crippen LogP contribution in [0.15, 0.2) is 10.7 Å². The smallest absolute Gasteiger partial charge is 0.325 e. The van der Waals surface area contributed by atoms with Crippen molar-refractivity contribution >= 4 is 33.7 Å². The fourth-order valence-electron chi connectivity index (χ4n) is 0.929. The predicted octanol–water partition coefficient (Wildman–Crippen LogP) is 0.500. The minimum absolute atomic E-state index is 0.0352. The molecule has 0 atom stereocenters. The van der Waals surface area contributed by atoms with Gasteiger partial charge in [-0.05, 0) is 22.9 Å². The predicted molar refractivity (Wildman–Crippen MR) is 62.7 cm³/mol. The van der Waals surface area contributed by atoms with Crippen LogP contribution in [0.3, 0.4) is 0 Å². The molecule has 7 nitrogen and oxygen atoms in total. The maximum absolute atomic E-state index is 11.1. The molecule has 0 amide bonds. The SMILES string of the molecule is CCOC(=O)CNc1nc(NN)ncc1Br. The van der Waals surface area contributed by atoms with Crippen molar-refractivity contribution in [2.24, 2.45) is 5.84 Å². The molecule has 8 heteroatoms. The summed E-state index contributed by atoms with van der Waals surface area (Å²) in [6, 6.07) is 0. The number of aromatic nitrogens is 2. The zero-order chi connectivity index (χ0) is 12.0. The van der Waals surface area contributed by atoms with Crippen LogP contribution in [0.2, 0.25) is 0 Å². The molecule has 0 aliphatic heterocycles. The second-order valence-corrected chi connectivity index (χ2v) is 3.55. The van der Waals surface area contributed by atoms with E-state index < -0.39 is 0 Å². The van der Waals surface area contributed by atoms with Crippen molar-refractivity contribution < 1.29 is 9.53 Å². The number of anilines is 2. The topological polar surface area (TPSA) is 102 Å². The Morgan fingerprint density at radius 1 is 1.69 bits per heavy atom. The number of carbonyl (C=O) groups is 1. The Morgan fingerprint density at radius 3 is 3.06 bits per heavy atom. The molecule has 16 heavy (non-hydrogen) atoms. The van der Waals surface area contributed by atoms with Gasteiger partial charge in [0.2, 0.25) is 5.95 Å². The van der Waals surface area contributed by atoms with E-state index in [0.717, 1.165) is 0 Å². The molecule has 0 fully saturated rings. The van der Waals surface area contributed by atoms with E-state index in [0.29, 0.717) is 16.9 Å². The standard InChI is InChI=1S/C8H12BrN5O2/c1-2-16-6(15)4-11-7-5(9)3-12-8(13-7)14-10/h3H,2,4,10H2,1H3,(H2,11,12,13,14). The number of ether oxygens (including phenoxy) is 1. The quantitative estimate of drug-likeness (QED) is 0.412. The van der Waals surface area contributed by atoms with Crippen LogP contribution in [0.25, 0.3) is 0 Å². The van der Waals surface area contributed by atoms with Gasteiger partial charge in [0.1, 0.15) is 12.4 Å². The second kappa shape index (κ2) is 6.23. The first kappa shape index (κ1) is 12.7. The van der Waals surface area contributed by atoms with Crippen molar-refractivity contribution in [2.45, 2.75) is 6.92 Å². The molecule has 1 heterocycles. The third-order valence-electron chi connectivity index (χ3n) is 1.58. The van der Waals surface area contributed by atoms with Gasteiger partial charge in [-0.2, -0.15) is 4.98 Å². The number of hydrazine groups is 1. The normalized spacial score (nSPS) is 9.69. The van der Waals surface area contributed by atoms with Gasteiger partial charge in [0.15, 0.2) is 0 Å². The molecule has 0 bridgehead atoms. The molecule has 0 saturated carbocycles. The summed E-state index contributed by atoms with van der Waals surface area (Å²) < 4.78 is 5.39. The molecule has 0 aromatic carbocycles. The first-order valence-electron chi connectivity index (χ1n) is 4.56. The molecular weight excluding hydrogens is 278 g/mol. The van der Waals surface area contributed by atoms with Crippen LogP contribution in [-0.4, -0.2) is 29.1 Å². The largest absolute Gasteiger partial charge is 0.465 e. The fraction of sp³-hybridized carbons (Fsp3) is 0.375.